The molecule has 0 amide bonds. The summed E-state index contributed by atoms with van der Waals surface area (Å²) in [5, 5.41) is 18.1. The van der Waals surface area contributed by atoms with Gasteiger partial charge >= 0.3 is 12.8 Å². The Hall–Kier alpha value is -2.12. The fourth-order valence-corrected chi connectivity index (χ4v) is 1.62. The minimum absolute atomic E-state index is 0.246. The van der Waals surface area contributed by atoms with Gasteiger partial charge in [0.25, 0.3) is 5.56 Å². The lowest BCUT2D eigenvalue weighted by Gasteiger charge is -2.06. The molecule has 1 aromatic heterocycles. The van der Waals surface area contributed by atoms with Crippen LogP contribution < -0.4 is 16.7 Å². The topological polar surface area (TPSA) is 95.3 Å². The molecule has 0 radical (unpaired) electrons. The Kier molecular flexibility index (Phi) is 3.45. The highest BCUT2D eigenvalue weighted by Gasteiger charge is 2.10. The van der Waals surface area contributed by atoms with Gasteiger partial charge in [-0.1, -0.05) is 24.3 Å². The largest absolute Gasteiger partial charge is 0.488 e. The highest BCUT2D eigenvalue weighted by atomic mass is 16.4. The molecule has 0 fully saturated rings. The molecule has 1 heterocycles. The number of nitrogens with zero attached hydrogens (tertiary/aromatic N) is 1. The summed E-state index contributed by atoms with van der Waals surface area (Å²) >= 11 is 0. The van der Waals surface area contributed by atoms with Gasteiger partial charge in [0.15, 0.2) is 0 Å². The van der Waals surface area contributed by atoms with E-state index in [0.717, 1.165) is 5.56 Å². The van der Waals surface area contributed by atoms with Gasteiger partial charge in [-0.05, 0) is 11.0 Å². The van der Waals surface area contributed by atoms with Gasteiger partial charge in [0, 0.05) is 12.3 Å². The normalized spacial score (nSPS) is 10.3. The maximum absolute atomic E-state index is 11.5. The van der Waals surface area contributed by atoms with Crippen LogP contribution in [0, 0.1) is 0 Å². The van der Waals surface area contributed by atoms with Crippen LogP contribution in [0.25, 0.3) is 0 Å². The van der Waals surface area contributed by atoms with E-state index in [1.165, 1.54) is 16.8 Å². The second-order valence-corrected chi connectivity index (χ2v) is 3.86. The first-order valence-electron chi connectivity index (χ1n) is 5.31. The van der Waals surface area contributed by atoms with E-state index in [9.17, 15) is 9.59 Å². The van der Waals surface area contributed by atoms with Crippen LogP contribution in [0.4, 0.5) is 0 Å². The van der Waals surface area contributed by atoms with Crippen molar-refractivity contribution in [2.24, 2.45) is 0 Å². The van der Waals surface area contributed by atoms with Crippen LogP contribution in [0.1, 0.15) is 5.56 Å². The van der Waals surface area contributed by atoms with E-state index in [0.29, 0.717) is 5.46 Å². The summed E-state index contributed by atoms with van der Waals surface area (Å²) in [7, 11) is -1.54. The van der Waals surface area contributed by atoms with Gasteiger partial charge in [0.1, 0.15) is 0 Å². The van der Waals surface area contributed by atoms with Crippen molar-refractivity contribution in [3.63, 3.8) is 0 Å². The molecule has 92 valence electrons. The third kappa shape index (κ3) is 2.76. The monoisotopic (exact) mass is 246 g/mol. The summed E-state index contributed by atoms with van der Waals surface area (Å²) in [6.07, 6.45) is 1.39. The Morgan fingerprint density at radius 1 is 1.22 bits per heavy atom. The predicted molar refractivity (Wildman–Crippen MR) is 66.7 cm³/mol. The van der Waals surface area contributed by atoms with Crippen LogP contribution in [0.15, 0.2) is 46.1 Å². The Bertz CT molecular complexity index is 662. The van der Waals surface area contributed by atoms with Crippen LogP contribution in [-0.4, -0.2) is 26.7 Å². The van der Waals surface area contributed by atoms with E-state index < -0.39 is 18.4 Å². The fraction of sp³-hybridized carbons (Fsp3) is 0.0909. The maximum Gasteiger partial charge on any atom is 0.488 e. The first-order chi connectivity index (χ1) is 8.56. The lowest BCUT2D eigenvalue weighted by molar-refractivity contribution is 0.425. The molecule has 0 saturated carbocycles. The average molecular weight is 246 g/mol. The molecule has 0 unspecified atom stereocenters. The zero-order valence-corrected chi connectivity index (χ0v) is 9.41. The van der Waals surface area contributed by atoms with Crippen LogP contribution in [-0.2, 0) is 6.54 Å². The predicted octanol–water partition coefficient (Wildman–Crippen LogP) is -1.74. The number of rotatable bonds is 3. The molecular formula is C11H11BN2O4. The summed E-state index contributed by atoms with van der Waals surface area (Å²) in [4.78, 5) is 24.5. The van der Waals surface area contributed by atoms with E-state index in [4.69, 9.17) is 10.0 Å². The zero-order valence-electron chi connectivity index (χ0n) is 9.41. The van der Waals surface area contributed by atoms with Crippen molar-refractivity contribution in [2.75, 3.05) is 0 Å². The van der Waals surface area contributed by atoms with Gasteiger partial charge in [-0.2, -0.15) is 0 Å². The highest BCUT2D eigenvalue weighted by Crippen LogP contribution is 1.98. The number of nitrogens with one attached hydrogen (secondary N) is 1. The number of benzene rings is 1. The minimum atomic E-state index is -1.54. The average Bonchev–Trinajstić information content (AvgIpc) is 2.33. The molecule has 2 rings (SSSR count). The van der Waals surface area contributed by atoms with E-state index >= 15 is 0 Å². The summed E-state index contributed by atoms with van der Waals surface area (Å²) in [6, 6.07) is 7.84. The molecule has 2 aromatic rings. The molecule has 3 N–H and O–H groups in total. The molecule has 6 nitrogen and oxygen atoms in total. The lowest BCUT2D eigenvalue weighted by atomic mass is 9.79. The number of hydrogen-bond donors (Lipinski definition) is 3. The molecule has 18 heavy (non-hydrogen) atoms. The van der Waals surface area contributed by atoms with E-state index in [1.54, 1.807) is 24.3 Å². The van der Waals surface area contributed by atoms with Crippen molar-refractivity contribution in [1.82, 2.24) is 9.55 Å². The second kappa shape index (κ2) is 5.03. The van der Waals surface area contributed by atoms with Crippen LogP contribution in [0.2, 0.25) is 0 Å². The molecule has 0 bridgehead atoms. The second-order valence-electron chi connectivity index (χ2n) is 3.86. The van der Waals surface area contributed by atoms with E-state index in [2.05, 4.69) is 4.98 Å². The Morgan fingerprint density at radius 3 is 2.67 bits per heavy atom. The van der Waals surface area contributed by atoms with Gasteiger partial charge in [-0.15, -0.1) is 0 Å². The van der Waals surface area contributed by atoms with Gasteiger partial charge in [0.05, 0.1) is 6.54 Å². The molecule has 7 heteroatoms. The standard InChI is InChI=1S/C11H11BN2O4/c15-10-4-5-14(11(16)13-10)7-8-2-1-3-9(6-8)12(17)18/h1-6,17-18H,7H2,(H,13,15,16). The molecule has 0 atom stereocenters. The molecule has 0 saturated heterocycles. The Labute approximate surface area is 102 Å². The third-order valence-electron chi connectivity index (χ3n) is 2.50. The summed E-state index contributed by atoms with van der Waals surface area (Å²) in [6.45, 7) is 0.246. The van der Waals surface area contributed by atoms with E-state index in [1.807, 2.05) is 0 Å². The molecule has 0 spiro atoms. The highest BCUT2D eigenvalue weighted by molar-refractivity contribution is 6.58. The zero-order chi connectivity index (χ0) is 13.1. The minimum Gasteiger partial charge on any atom is -0.423 e. The van der Waals surface area contributed by atoms with Gasteiger partial charge in [0.2, 0.25) is 0 Å². The SMILES string of the molecule is O=c1ccn(Cc2cccc(B(O)O)c2)c(=O)[nH]1. The molecule has 1 aromatic carbocycles. The summed E-state index contributed by atoms with van der Waals surface area (Å²) in [5.41, 5.74) is 0.132. The summed E-state index contributed by atoms with van der Waals surface area (Å²) in [5.74, 6) is 0. The van der Waals surface area contributed by atoms with E-state index in [-0.39, 0.29) is 6.54 Å². The van der Waals surface area contributed by atoms with Crippen molar-refractivity contribution in [3.8, 4) is 0 Å². The van der Waals surface area contributed by atoms with Crippen LogP contribution >= 0.6 is 0 Å². The van der Waals surface area contributed by atoms with Crippen molar-refractivity contribution in [3.05, 3.63) is 62.9 Å². The van der Waals surface area contributed by atoms with Crippen molar-refractivity contribution < 1.29 is 10.0 Å². The van der Waals surface area contributed by atoms with Crippen LogP contribution in [0.5, 0.6) is 0 Å². The first-order valence-corrected chi connectivity index (χ1v) is 5.31. The van der Waals surface area contributed by atoms with Gasteiger partial charge in [-0.3, -0.25) is 14.3 Å². The number of aromatic amines is 1. The smallest absolute Gasteiger partial charge is 0.423 e. The van der Waals surface area contributed by atoms with Crippen molar-refractivity contribution >= 4 is 12.6 Å². The molecule has 0 aliphatic carbocycles. The molecular weight excluding hydrogens is 235 g/mol. The lowest BCUT2D eigenvalue weighted by Crippen LogP contribution is -2.31. The summed E-state index contributed by atoms with van der Waals surface area (Å²) < 4.78 is 1.32. The van der Waals surface area contributed by atoms with Crippen molar-refractivity contribution in [1.29, 1.82) is 0 Å². The maximum atomic E-state index is 11.5. The quantitative estimate of drug-likeness (QED) is 0.560. The Morgan fingerprint density at radius 2 is 2.00 bits per heavy atom. The first kappa shape index (κ1) is 12.3. The third-order valence-corrected chi connectivity index (χ3v) is 2.50. The van der Waals surface area contributed by atoms with Crippen LogP contribution in [0.3, 0.4) is 0 Å². The molecule has 0 aliphatic heterocycles. The van der Waals surface area contributed by atoms with Gasteiger partial charge < -0.3 is 10.0 Å². The Balaban J connectivity index is 2.31. The number of H-pyrrole nitrogens is 1. The van der Waals surface area contributed by atoms with Crippen molar-refractivity contribution in [2.45, 2.75) is 6.54 Å². The molecule has 0 aliphatic rings. The number of aromatic nitrogens is 2. The number of hydrogen-bond acceptors (Lipinski definition) is 4. The fourth-order valence-electron chi connectivity index (χ4n) is 1.62. The van der Waals surface area contributed by atoms with Gasteiger partial charge in [-0.25, -0.2) is 4.79 Å².